The fourth-order valence-electron chi connectivity index (χ4n) is 3.19. The van der Waals surface area contributed by atoms with E-state index < -0.39 is 11.8 Å². The van der Waals surface area contributed by atoms with Crippen LogP contribution in [-0.4, -0.2) is 42.0 Å². The molecule has 0 aliphatic carbocycles. The van der Waals surface area contributed by atoms with Gasteiger partial charge in [-0.05, 0) is 48.7 Å². The number of hydrogen-bond acceptors (Lipinski definition) is 4. The summed E-state index contributed by atoms with van der Waals surface area (Å²) in [5, 5.41) is 9.99. The van der Waals surface area contributed by atoms with Crippen LogP contribution in [0.15, 0.2) is 42.1 Å². The predicted molar refractivity (Wildman–Crippen MR) is 112 cm³/mol. The fraction of sp³-hybridized carbons (Fsp3) is 0.238. The highest BCUT2D eigenvalue weighted by Gasteiger charge is 2.41. The molecule has 0 fully saturated rings. The summed E-state index contributed by atoms with van der Waals surface area (Å²) in [5.41, 5.74) is 3.58. The molecule has 1 aliphatic rings. The van der Waals surface area contributed by atoms with Crippen LogP contribution in [-0.2, 0) is 9.59 Å². The molecule has 28 heavy (non-hydrogen) atoms. The SMILES string of the molecule is Cc1ccc(C2=C(N(C)CCO)C(=O)N(c3cc(Cl)cc(Cl)c3)C2=O)cc1C. The quantitative estimate of drug-likeness (QED) is 0.749. The summed E-state index contributed by atoms with van der Waals surface area (Å²) in [5.74, 6) is -0.932. The van der Waals surface area contributed by atoms with Crippen molar-refractivity contribution in [2.75, 3.05) is 25.1 Å². The van der Waals surface area contributed by atoms with Gasteiger partial charge in [-0.3, -0.25) is 9.59 Å². The molecule has 5 nitrogen and oxygen atoms in total. The zero-order chi connectivity index (χ0) is 20.6. The van der Waals surface area contributed by atoms with Crippen molar-refractivity contribution in [3.05, 3.63) is 68.8 Å². The molecule has 0 spiro atoms. The fourth-order valence-corrected chi connectivity index (χ4v) is 3.71. The van der Waals surface area contributed by atoms with E-state index in [1.165, 1.54) is 18.2 Å². The Labute approximate surface area is 173 Å². The summed E-state index contributed by atoms with van der Waals surface area (Å²) in [4.78, 5) is 29.2. The molecule has 0 aromatic heterocycles. The van der Waals surface area contributed by atoms with E-state index in [0.29, 0.717) is 26.9 Å². The van der Waals surface area contributed by atoms with Gasteiger partial charge in [0.1, 0.15) is 5.70 Å². The first-order valence-corrected chi connectivity index (χ1v) is 9.49. The second-order valence-electron chi connectivity index (χ2n) is 6.74. The molecule has 2 aromatic carbocycles. The van der Waals surface area contributed by atoms with Crippen LogP contribution in [0.2, 0.25) is 10.0 Å². The number of aryl methyl sites for hydroxylation is 2. The molecule has 0 saturated carbocycles. The summed E-state index contributed by atoms with van der Waals surface area (Å²) in [7, 11) is 1.67. The zero-order valence-electron chi connectivity index (χ0n) is 15.8. The summed E-state index contributed by atoms with van der Waals surface area (Å²) in [6.07, 6.45) is 0. The van der Waals surface area contributed by atoms with E-state index in [1.807, 2.05) is 32.0 Å². The van der Waals surface area contributed by atoms with Crippen LogP contribution in [0.5, 0.6) is 0 Å². The van der Waals surface area contributed by atoms with Crippen molar-refractivity contribution in [3.63, 3.8) is 0 Å². The number of rotatable bonds is 5. The maximum atomic E-state index is 13.3. The Hall–Kier alpha value is -2.34. The second-order valence-corrected chi connectivity index (χ2v) is 7.61. The molecule has 1 N–H and O–H groups in total. The molecule has 0 radical (unpaired) electrons. The average Bonchev–Trinajstić information content (AvgIpc) is 2.87. The maximum Gasteiger partial charge on any atom is 0.282 e. The summed E-state index contributed by atoms with van der Waals surface area (Å²) in [6.45, 7) is 4.00. The first kappa shape index (κ1) is 20.4. The molecule has 1 aliphatic heterocycles. The van der Waals surface area contributed by atoms with Gasteiger partial charge in [0.05, 0.1) is 17.9 Å². The highest BCUT2D eigenvalue weighted by atomic mass is 35.5. The molecule has 7 heteroatoms. The lowest BCUT2D eigenvalue weighted by atomic mass is 9.99. The normalized spacial score (nSPS) is 14.3. The highest BCUT2D eigenvalue weighted by Crippen LogP contribution is 2.36. The third-order valence-corrected chi connectivity index (χ3v) is 5.21. The number of imide groups is 1. The van der Waals surface area contributed by atoms with Crippen LogP contribution in [0.3, 0.4) is 0 Å². The Bertz CT molecular complexity index is 981. The molecular weight excluding hydrogens is 399 g/mol. The Morgan fingerprint density at radius 1 is 0.964 bits per heavy atom. The van der Waals surface area contributed by atoms with E-state index in [1.54, 1.807) is 11.9 Å². The van der Waals surface area contributed by atoms with E-state index in [-0.39, 0.29) is 18.8 Å². The van der Waals surface area contributed by atoms with Gasteiger partial charge in [0, 0.05) is 23.6 Å². The van der Waals surface area contributed by atoms with Crippen LogP contribution in [0.1, 0.15) is 16.7 Å². The first-order chi connectivity index (χ1) is 13.2. The molecule has 1 heterocycles. The summed E-state index contributed by atoms with van der Waals surface area (Å²) in [6, 6.07) is 10.2. The average molecular weight is 419 g/mol. The van der Waals surface area contributed by atoms with E-state index in [2.05, 4.69) is 0 Å². The lowest BCUT2D eigenvalue weighted by molar-refractivity contribution is -0.120. The topological polar surface area (TPSA) is 60.9 Å². The predicted octanol–water partition coefficient (Wildman–Crippen LogP) is 3.82. The minimum absolute atomic E-state index is 0.148. The Morgan fingerprint density at radius 3 is 2.18 bits per heavy atom. The smallest absolute Gasteiger partial charge is 0.282 e. The molecule has 146 valence electrons. The van der Waals surface area contributed by atoms with E-state index in [9.17, 15) is 14.7 Å². The van der Waals surface area contributed by atoms with Crippen molar-refractivity contribution in [1.29, 1.82) is 0 Å². The lowest BCUT2D eigenvalue weighted by Crippen LogP contribution is -2.34. The first-order valence-electron chi connectivity index (χ1n) is 8.73. The number of nitrogens with zero attached hydrogens (tertiary/aromatic N) is 2. The Morgan fingerprint density at radius 2 is 1.61 bits per heavy atom. The number of carbonyl (C=O) groups excluding carboxylic acids is 2. The van der Waals surface area contributed by atoms with Crippen LogP contribution >= 0.6 is 23.2 Å². The molecule has 0 unspecified atom stereocenters. The van der Waals surface area contributed by atoms with Gasteiger partial charge in [-0.1, -0.05) is 41.4 Å². The standard InChI is InChI=1S/C21H20Cl2N2O3/c1-12-4-5-14(8-13(12)2)18-19(24(3)6-7-26)21(28)25(20(18)27)17-10-15(22)9-16(23)11-17/h4-5,8-11,26H,6-7H2,1-3H3. The molecule has 2 amide bonds. The maximum absolute atomic E-state index is 13.3. The largest absolute Gasteiger partial charge is 0.395 e. The van der Waals surface area contributed by atoms with Crippen molar-refractivity contribution in [3.8, 4) is 0 Å². The number of likely N-dealkylation sites (N-methyl/N-ethyl adjacent to an activating group) is 1. The van der Waals surface area contributed by atoms with Crippen molar-refractivity contribution < 1.29 is 14.7 Å². The van der Waals surface area contributed by atoms with E-state index >= 15 is 0 Å². The molecule has 0 bridgehead atoms. The summed E-state index contributed by atoms with van der Waals surface area (Å²) >= 11 is 12.1. The summed E-state index contributed by atoms with van der Waals surface area (Å²) < 4.78 is 0. The van der Waals surface area contributed by atoms with Crippen LogP contribution < -0.4 is 4.90 Å². The molecule has 0 atom stereocenters. The molecular formula is C21H20Cl2N2O3. The monoisotopic (exact) mass is 418 g/mol. The van der Waals surface area contributed by atoms with Gasteiger partial charge in [0.2, 0.25) is 0 Å². The number of benzene rings is 2. The van der Waals surface area contributed by atoms with Gasteiger partial charge >= 0.3 is 0 Å². The highest BCUT2D eigenvalue weighted by molar-refractivity contribution is 6.46. The lowest BCUT2D eigenvalue weighted by Gasteiger charge is -2.20. The molecule has 2 aromatic rings. The van der Waals surface area contributed by atoms with Gasteiger partial charge in [-0.2, -0.15) is 0 Å². The number of halogens is 2. The molecule has 0 saturated heterocycles. The van der Waals surface area contributed by atoms with Crippen LogP contribution in [0.25, 0.3) is 5.57 Å². The number of amides is 2. The number of aliphatic hydroxyl groups excluding tert-OH is 1. The van der Waals surface area contributed by atoms with Crippen LogP contribution in [0, 0.1) is 13.8 Å². The van der Waals surface area contributed by atoms with Gasteiger partial charge in [-0.25, -0.2) is 4.90 Å². The van der Waals surface area contributed by atoms with E-state index in [0.717, 1.165) is 16.0 Å². The minimum atomic E-state index is -0.479. The van der Waals surface area contributed by atoms with Gasteiger partial charge in [0.15, 0.2) is 0 Å². The van der Waals surface area contributed by atoms with E-state index in [4.69, 9.17) is 23.2 Å². The van der Waals surface area contributed by atoms with Crippen molar-refractivity contribution in [2.45, 2.75) is 13.8 Å². The Kier molecular flexibility index (Phi) is 5.79. The van der Waals surface area contributed by atoms with Crippen molar-refractivity contribution in [1.82, 2.24) is 4.90 Å². The number of aliphatic hydroxyl groups is 1. The van der Waals surface area contributed by atoms with Crippen molar-refractivity contribution in [2.24, 2.45) is 0 Å². The third-order valence-electron chi connectivity index (χ3n) is 4.78. The van der Waals surface area contributed by atoms with Gasteiger partial charge in [-0.15, -0.1) is 0 Å². The minimum Gasteiger partial charge on any atom is -0.395 e. The number of carbonyl (C=O) groups is 2. The Balaban J connectivity index is 2.17. The molecule has 3 rings (SSSR count). The van der Waals surface area contributed by atoms with Crippen LogP contribution in [0.4, 0.5) is 5.69 Å². The third kappa shape index (κ3) is 3.65. The van der Waals surface area contributed by atoms with Gasteiger partial charge in [0.25, 0.3) is 11.8 Å². The number of hydrogen-bond donors (Lipinski definition) is 1. The van der Waals surface area contributed by atoms with Crippen molar-refractivity contribution >= 4 is 46.3 Å². The van der Waals surface area contributed by atoms with Gasteiger partial charge < -0.3 is 10.0 Å². The number of anilines is 1. The zero-order valence-corrected chi connectivity index (χ0v) is 17.3. The second kappa shape index (κ2) is 7.95.